The predicted octanol–water partition coefficient (Wildman–Crippen LogP) is 4.34. The average molecular weight is 343 g/mol. The summed E-state index contributed by atoms with van der Waals surface area (Å²) in [5.74, 6) is 1.32. The van der Waals surface area contributed by atoms with Gasteiger partial charge in [-0.15, -0.1) is 11.8 Å². The molecule has 5 aliphatic rings. The van der Waals surface area contributed by atoms with Crippen molar-refractivity contribution in [3.05, 3.63) is 0 Å². The summed E-state index contributed by atoms with van der Waals surface area (Å²) in [5, 5.41) is 0.547. The van der Waals surface area contributed by atoms with Crippen molar-refractivity contribution in [3.8, 4) is 0 Å². The molecule has 4 heterocycles. The highest BCUT2D eigenvalue weighted by atomic mass is 32.2. The number of hydrogen-bond acceptors (Lipinski definition) is 5. The Morgan fingerprint density at radius 1 is 1.04 bits per heavy atom. The third-order valence-corrected chi connectivity index (χ3v) is 7.86. The minimum absolute atomic E-state index is 0.177. The molecule has 5 heteroatoms. The van der Waals surface area contributed by atoms with E-state index in [9.17, 15) is 0 Å². The maximum Gasteiger partial charge on any atom is 0.201 e. The second-order valence-electron chi connectivity index (χ2n) is 8.46. The molecule has 0 radical (unpaired) electrons. The Morgan fingerprint density at radius 2 is 1.83 bits per heavy atom. The zero-order chi connectivity index (χ0) is 16.4. The van der Waals surface area contributed by atoms with Gasteiger partial charge in [0.25, 0.3) is 0 Å². The third kappa shape index (κ3) is 2.42. The van der Waals surface area contributed by atoms with Crippen LogP contribution in [0.5, 0.6) is 0 Å². The molecule has 0 aromatic carbocycles. The van der Waals surface area contributed by atoms with Gasteiger partial charge in [-0.2, -0.15) is 0 Å². The Balaban J connectivity index is 1.73. The van der Waals surface area contributed by atoms with Crippen molar-refractivity contribution < 1.29 is 19.2 Å². The molecule has 0 N–H and O–H groups in total. The van der Waals surface area contributed by atoms with Gasteiger partial charge in [-0.05, 0) is 43.9 Å². The molecular formula is C18H30O4S. The molecule has 2 bridgehead atoms. The Labute approximate surface area is 143 Å². The standard InChI is InChI=1S/C18H30O4S/c1-10(2)23-15-12(4)14-7-6-11(3)13-8-9-17(5)20-16(19-15)18(13,14)22-21-17/h10-16H,6-9H2,1-5H3/t11-,12-,13+,14+,15-,16-,17-,18-/m1/s1. The largest absolute Gasteiger partial charge is 0.335 e. The number of thioether (sulfide) groups is 1. The van der Waals surface area contributed by atoms with Crippen LogP contribution in [0.4, 0.5) is 0 Å². The van der Waals surface area contributed by atoms with E-state index in [0.29, 0.717) is 28.9 Å². The highest BCUT2D eigenvalue weighted by Crippen LogP contribution is 2.61. The Kier molecular flexibility index (Phi) is 4.05. The molecule has 4 aliphatic heterocycles. The van der Waals surface area contributed by atoms with E-state index in [1.807, 2.05) is 18.7 Å². The number of fused-ring (bicyclic) bond motifs is 2. The van der Waals surface area contributed by atoms with Gasteiger partial charge in [-0.25, -0.2) is 9.78 Å². The molecule has 23 heavy (non-hydrogen) atoms. The summed E-state index contributed by atoms with van der Waals surface area (Å²) in [4.78, 5) is 12.0. The summed E-state index contributed by atoms with van der Waals surface area (Å²) in [5.41, 5.74) is -0.238. The molecule has 0 aromatic rings. The summed E-state index contributed by atoms with van der Waals surface area (Å²) in [6.07, 6.45) is 4.13. The minimum Gasteiger partial charge on any atom is -0.335 e. The van der Waals surface area contributed by atoms with Crippen LogP contribution in [0, 0.1) is 23.7 Å². The van der Waals surface area contributed by atoms with Crippen LogP contribution in [-0.4, -0.2) is 28.4 Å². The molecule has 1 aliphatic carbocycles. The van der Waals surface area contributed by atoms with Crippen LogP contribution < -0.4 is 0 Å². The summed E-state index contributed by atoms with van der Waals surface area (Å²) >= 11 is 1.92. The van der Waals surface area contributed by atoms with E-state index in [1.54, 1.807) is 0 Å². The van der Waals surface area contributed by atoms with Crippen LogP contribution in [0.15, 0.2) is 0 Å². The third-order valence-electron chi connectivity index (χ3n) is 6.50. The first kappa shape index (κ1) is 16.6. The molecule has 8 atom stereocenters. The summed E-state index contributed by atoms with van der Waals surface area (Å²) < 4.78 is 12.9. The lowest BCUT2D eigenvalue weighted by atomic mass is 9.58. The van der Waals surface area contributed by atoms with Crippen LogP contribution >= 0.6 is 11.8 Å². The van der Waals surface area contributed by atoms with Gasteiger partial charge < -0.3 is 9.47 Å². The van der Waals surface area contributed by atoms with E-state index in [1.165, 1.54) is 12.8 Å². The van der Waals surface area contributed by atoms with Gasteiger partial charge in [-0.3, -0.25) is 0 Å². The summed E-state index contributed by atoms with van der Waals surface area (Å²) in [6.45, 7) is 11.1. The normalized spacial score (nSPS) is 55.6. The number of ether oxygens (including phenoxy) is 2. The molecular weight excluding hydrogens is 312 g/mol. The van der Waals surface area contributed by atoms with Gasteiger partial charge in [0.2, 0.25) is 5.79 Å². The van der Waals surface area contributed by atoms with Crippen molar-refractivity contribution in [1.82, 2.24) is 0 Å². The van der Waals surface area contributed by atoms with Crippen molar-refractivity contribution in [3.63, 3.8) is 0 Å². The van der Waals surface area contributed by atoms with E-state index in [0.717, 1.165) is 12.8 Å². The fraction of sp³-hybridized carbons (Fsp3) is 1.00. The van der Waals surface area contributed by atoms with Crippen molar-refractivity contribution in [2.24, 2.45) is 23.7 Å². The second-order valence-corrected chi connectivity index (χ2v) is 10.1. The fourth-order valence-corrected chi connectivity index (χ4v) is 6.43. The lowest BCUT2D eigenvalue weighted by molar-refractivity contribution is -0.568. The topological polar surface area (TPSA) is 36.9 Å². The molecule has 132 valence electrons. The van der Waals surface area contributed by atoms with Gasteiger partial charge in [0.05, 0.1) is 0 Å². The fourth-order valence-electron chi connectivity index (χ4n) is 5.30. The van der Waals surface area contributed by atoms with Gasteiger partial charge >= 0.3 is 0 Å². The average Bonchev–Trinajstić information content (AvgIpc) is 2.70. The first-order valence-electron chi connectivity index (χ1n) is 9.21. The first-order valence-corrected chi connectivity index (χ1v) is 10.2. The van der Waals surface area contributed by atoms with Gasteiger partial charge in [0.1, 0.15) is 5.44 Å². The van der Waals surface area contributed by atoms with Crippen LogP contribution in [0.1, 0.15) is 60.3 Å². The van der Waals surface area contributed by atoms with E-state index in [4.69, 9.17) is 19.2 Å². The van der Waals surface area contributed by atoms with Crippen molar-refractivity contribution in [2.45, 2.75) is 88.7 Å². The smallest absolute Gasteiger partial charge is 0.201 e. The van der Waals surface area contributed by atoms with Crippen molar-refractivity contribution in [2.75, 3.05) is 0 Å². The highest BCUT2D eigenvalue weighted by Gasteiger charge is 2.69. The lowest BCUT2D eigenvalue weighted by Crippen LogP contribution is -2.70. The predicted molar refractivity (Wildman–Crippen MR) is 89.6 cm³/mol. The molecule has 1 spiro atoms. The zero-order valence-corrected chi connectivity index (χ0v) is 15.7. The number of rotatable bonds is 2. The Morgan fingerprint density at radius 3 is 2.57 bits per heavy atom. The summed E-state index contributed by atoms with van der Waals surface area (Å²) in [6, 6.07) is 0. The van der Waals surface area contributed by atoms with Crippen LogP contribution in [0.25, 0.3) is 0 Å². The molecule has 5 fully saturated rings. The van der Waals surface area contributed by atoms with Gasteiger partial charge in [0, 0.05) is 17.6 Å². The molecule has 5 rings (SSSR count). The Hall–Kier alpha value is 0.190. The van der Waals surface area contributed by atoms with Crippen molar-refractivity contribution >= 4 is 11.8 Å². The molecule has 0 unspecified atom stereocenters. The number of hydrogen-bond donors (Lipinski definition) is 0. The van der Waals surface area contributed by atoms with Crippen molar-refractivity contribution in [1.29, 1.82) is 0 Å². The molecule has 0 aromatic heterocycles. The van der Waals surface area contributed by atoms with Gasteiger partial charge in [-0.1, -0.05) is 27.7 Å². The molecule has 4 saturated heterocycles. The van der Waals surface area contributed by atoms with E-state index in [2.05, 4.69) is 27.7 Å². The maximum absolute atomic E-state index is 6.50. The first-order chi connectivity index (χ1) is 10.9. The van der Waals surface area contributed by atoms with E-state index in [-0.39, 0.29) is 11.7 Å². The molecule has 0 amide bonds. The second kappa shape index (κ2) is 5.60. The van der Waals surface area contributed by atoms with E-state index >= 15 is 0 Å². The SMILES string of the molecule is CC(C)S[C@H]1O[C@@H]2O[C@@]3(C)CC[C@H]4[C@H](C)CC[C@@H]([C@H]1C)[C@@]24OO3. The lowest BCUT2D eigenvalue weighted by Gasteiger charge is -2.60. The quantitative estimate of drug-likeness (QED) is 0.698. The van der Waals surface area contributed by atoms with Crippen LogP contribution in [0.3, 0.4) is 0 Å². The minimum atomic E-state index is -0.662. The monoisotopic (exact) mass is 342 g/mol. The van der Waals surface area contributed by atoms with Crippen LogP contribution in [0.2, 0.25) is 0 Å². The van der Waals surface area contributed by atoms with Crippen LogP contribution in [-0.2, 0) is 19.2 Å². The zero-order valence-electron chi connectivity index (χ0n) is 14.9. The highest BCUT2D eigenvalue weighted by molar-refractivity contribution is 8.00. The maximum atomic E-state index is 6.50. The molecule has 4 nitrogen and oxygen atoms in total. The summed E-state index contributed by atoms with van der Waals surface area (Å²) in [7, 11) is 0. The van der Waals surface area contributed by atoms with E-state index < -0.39 is 11.4 Å². The van der Waals surface area contributed by atoms with Gasteiger partial charge in [0.15, 0.2) is 11.9 Å². The molecule has 1 saturated carbocycles. The Bertz CT molecular complexity index is 472.